The molecule has 0 saturated heterocycles. The van der Waals surface area contributed by atoms with Gasteiger partial charge < -0.3 is 9.05 Å². The Labute approximate surface area is 323 Å². The highest BCUT2D eigenvalue weighted by atomic mass is 32.9. The van der Waals surface area contributed by atoms with E-state index in [-0.39, 0.29) is 54.0 Å². The van der Waals surface area contributed by atoms with E-state index in [2.05, 4.69) is 26.1 Å². The molecule has 9 heteroatoms. The van der Waals surface area contributed by atoms with Crippen molar-refractivity contribution >= 4 is 83.7 Å². The first kappa shape index (κ1) is 56.7. The van der Waals surface area contributed by atoms with Gasteiger partial charge in [-0.3, -0.25) is 0 Å². The van der Waals surface area contributed by atoms with Gasteiger partial charge in [0.05, 0.1) is 13.2 Å². The topological polar surface area (TPSA) is 18.5 Å². The average Bonchev–Trinajstić information content (AvgIpc) is 2.96. The van der Waals surface area contributed by atoms with Gasteiger partial charge >= 0.3 is 0 Å². The Morgan fingerprint density at radius 1 is 0.333 bits per heavy atom. The van der Waals surface area contributed by atoms with Gasteiger partial charge in [0, 0.05) is 0 Å². The van der Waals surface area contributed by atoms with Gasteiger partial charge in [-0.1, -0.05) is 219 Å². The van der Waals surface area contributed by atoms with Crippen molar-refractivity contribution in [3.63, 3.8) is 0 Å². The van der Waals surface area contributed by atoms with Gasteiger partial charge in [-0.2, -0.15) is 54.0 Å². The summed E-state index contributed by atoms with van der Waals surface area (Å²) in [5.41, 5.74) is -2.34. The van der Waals surface area contributed by atoms with Gasteiger partial charge in [0.25, 0.3) is 0 Å². The smallest absolute Gasteiger partial charge is 0.244 e. The quantitative estimate of drug-likeness (QED) is 0.0389. The van der Waals surface area contributed by atoms with Gasteiger partial charge in [-0.05, 0) is 24.6 Å². The second-order valence-corrected chi connectivity index (χ2v) is 18.0. The molecule has 0 aliphatic heterocycles. The molecule has 0 aromatic rings. The van der Waals surface area contributed by atoms with Crippen LogP contribution in [0.15, 0.2) is 0 Å². The van der Waals surface area contributed by atoms with Crippen molar-refractivity contribution in [2.24, 2.45) is 0 Å². The van der Waals surface area contributed by atoms with Gasteiger partial charge in [0.2, 0.25) is 5.69 Å². The molecule has 0 radical (unpaired) electrons. The third-order valence-electron chi connectivity index (χ3n) is 8.50. The molecule has 0 aliphatic carbocycles. The minimum Gasteiger partial charge on any atom is -0.322 e. The molecule has 0 N–H and O–H groups in total. The first-order valence-corrected chi connectivity index (χ1v) is 22.5. The maximum Gasteiger partial charge on any atom is 0.244 e. The maximum atomic E-state index is 5.85. The van der Waals surface area contributed by atoms with Crippen molar-refractivity contribution in [3.05, 3.63) is 0 Å². The number of rotatable bonds is 36. The van der Waals surface area contributed by atoms with Crippen molar-refractivity contribution < 1.29 is 9.05 Å². The van der Waals surface area contributed by atoms with E-state index in [1.165, 1.54) is 193 Å². The molecule has 2 nitrogen and oxygen atoms in total. The van der Waals surface area contributed by atoms with Gasteiger partial charge in [0.15, 0.2) is 0 Å². The Morgan fingerprint density at radius 2 is 0.489 bits per heavy atom. The zero-order valence-electron chi connectivity index (χ0n) is 30.2. The van der Waals surface area contributed by atoms with Gasteiger partial charge in [-0.25, -0.2) is 0 Å². The third-order valence-corrected chi connectivity index (χ3v) is 10.8. The summed E-state index contributed by atoms with van der Waals surface area (Å²) in [5, 5.41) is 0. The van der Waals surface area contributed by atoms with Crippen molar-refractivity contribution in [2.45, 2.75) is 219 Å². The number of hydrogen-bond donors (Lipinski definition) is 1. The molecule has 0 aliphatic rings. The lowest BCUT2D eigenvalue weighted by atomic mass is 10.0. The van der Waals surface area contributed by atoms with Crippen LogP contribution in [0.5, 0.6) is 0 Å². The van der Waals surface area contributed by atoms with Crippen molar-refractivity contribution in [2.75, 3.05) is 13.2 Å². The predicted octanol–water partition coefficient (Wildman–Crippen LogP) is 15.1. The van der Waals surface area contributed by atoms with Crippen LogP contribution < -0.4 is 0 Å². The summed E-state index contributed by atoms with van der Waals surface area (Å²) < 4.78 is 11.7. The third kappa shape index (κ3) is 50.8. The zero-order chi connectivity index (χ0) is 30.0. The van der Waals surface area contributed by atoms with E-state index in [0.717, 1.165) is 12.8 Å². The Hall–Kier alpha value is 2.32. The van der Waals surface area contributed by atoms with Crippen LogP contribution in [0.1, 0.15) is 219 Å². The normalized spacial score (nSPS) is 10.9. The summed E-state index contributed by atoms with van der Waals surface area (Å²) >= 11 is 10.0. The van der Waals surface area contributed by atoms with Crippen molar-refractivity contribution in [1.82, 2.24) is 0 Å². The molecule has 280 valence electrons. The lowest BCUT2D eigenvalue weighted by Gasteiger charge is -2.16. The molecule has 0 atom stereocenters. The summed E-state index contributed by atoms with van der Waals surface area (Å²) in [7, 11) is 0. The van der Waals surface area contributed by atoms with Crippen LogP contribution in [-0.2, 0) is 20.9 Å². The van der Waals surface area contributed by atoms with Crippen LogP contribution in [0, 0.1) is 0 Å². The molecule has 0 saturated carbocycles. The van der Waals surface area contributed by atoms with Crippen LogP contribution in [0.2, 0.25) is 0 Å². The van der Waals surface area contributed by atoms with E-state index >= 15 is 0 Å². The molecule has 0 rings (SSSR count). The van der Waals surface area contributed by atoms with Crippen LogP contribution in [0.4, 0.5) is 0 Å². The van der Waals surface area contributed by atoms with Crippen LogP contribution in [0.25, 0.3) is 0 Å². The second kappa shape index (κ2) is 48.4. The summed E-state index contributed by atoms with van der Waals surface area (Å²) in [6, 6.07) is 0. The molecule has 0 amide bonds. The van der Waals surface area contributed by atoms with E-state index in [4.69, 9.17) is 20.9 Å². The largest absolute Gasteiger partial charge is 0.322 e. The van der Waals surface area contributed by atoms with Crippen LogP contribution in [0.3, 0.4) is 0 Å². The minimum atomic E-state index is -2.34. The van der Waals surface area contributed by atoms with Crippen LogP contribution >= 0.6 is 71.9 Å². The first-order chi connectivity index (χ1) is 20.1. The van der Waals surface area contributed by atoms with E-state index in [1.807, 2.05) is 0 Å². The van der Waals surface area contributed by atoms with E-state index < -0.39 is 5.69 Å². The Balaban J connectivity index is -0.00000133. The summed E-state index contributed by atoms with van der Waals surface area (Å²) in [4.78, 5) is 0. The fraction of sp³-hybridized carbons (Fsp3) is 1.00. The Morgan fingerprint density at radius 3 is 0.667 bits per heavy atom. The summed E-state index contributed by atoms with van der Waals surface area (Å²) in [6.45, 7) is 6.00. The lowest BCUT2D eigenvalue weighted by molar-refractivity contribution is 0.250. The molecule has 0 fully saturated rings. The molecule has 0 bridgehead atoms. The summed E-state index contributed by atoms with van der Waals surface area (Å²) in [5.74, 6) is 0. The maximum absolute atomic E-state index is 5.85. The summed E-state index contributed by atoms with van der Waals surface area (Å²) in [6.07, 6.45) is 44.3. The van der Waals surface area contributed by atoms with E-state index in [0.29, 0.717) is 13.2 Å². The highest BCUT2D eigenvalue weighted by molar-refractivity contribution is 8.60. The monoisotopic (exact) mass is 770 g/mol. The molecular weight excluding hydrogens is 688 g/mol. The lowest BCUT2D eigenvalue weighted by Crippen LogP contribution is -1.96. The Bertz CT molecular complexity index is 504. The standard InChI is InChI=1S/C36H75O2PS2.4H2S/c1-3-5-7-9-11-13-15-17-19-21-23-25-27-29-31-33-35-37-39(40,41)38-36-34-32-30-28-26-24-22-20-18-16-14-12-10-8-6-4-2;;;;/h3-36H2,1-2H3,(H,40,41);4*1H2. The molecular formula is C36H83O2PS6. The van der Waals surface area contributed by atoms with Gasteiger partial charge in [0.1, 0.15) is 0 Å². The first-order valence-electron chi connectivity index (χ1n) is 18.7. The fourth-order valence-electron chi connectivity index (χ4n) is 5.70. The van der Waals surface area contributed by atoms with E-state index in [9.17, 15) is 0 Å². The molecule has 0 heterocycles. The minimum absolute atomic E-state index is 0. The zero-order valence-corrected chi connectivity index (χ0v) is 36.8. The molecule has 0 spiro atoms. The second-order valence-electron chi connectivity index (χ2n) is 12.7. The highest BCUT2D eigenvalue weighted by Gasteiger charge is 2.12. The van der Waals surface area contributed by atoms with Crippen LogP contribution in [-0.4, -0.2) is 13.2 Å². The molecule has 45 heavy (non-hydrogen) atoms. The van der Waals surface area contributed by atoms with Crippen molar-refractivity contribution in [1.29, 1.82) is 0 Å². The molecule has 0 aromatic heterocycles. The molecule has 0 aromatic carbocycles. The highest BCUT2D eigenvalue weighted by Crippen LogP contribution is 2.53. The molecule has 0 unspecified atom stereocenters. The van der Waals surface area contributed by atoms with Gasteiger partial charge in [-0.15, -0.1) is 0 Å². The fourth-order valence-corrected chi connectivity index (χ4v) is 7.43. The SMILES string of the molecule is CCCCCCCCCCCCCCCCCCOP(=S)(S)OCCCCCCCCCCCCCCCCCC.S.S.S.S. The predicted molar refractivity (Wildman–Crippen MR) is 236 cm³/mol. The number of hydrogen-bond acceptors (Lipinski definition) is 3. The number of unbranched alkanes of at least 4 members (excludes halogenated alkanes) is 30. The average molecular weight is 771 g/mol. The number of thiol groups is 1. The Kier molecular flexibility index (Phi) is 61.0. The van der Waals surface area contributed by atoms with E-state index in [1.54, 1.807) is 0 Å². The van der Waals surface area contributed by atoms with Crippen molar-refractivity contribution in [3.8, 4) is 0 Å².